The Balaban J connectivity index is 1.28. The van der Waals surface area contributed by atoms with Crippen LogP contribution in [0.3, 0.4) is 0 Å². The van der Waals surface area contributed by atoms with Gasteiger partial charge in [-0.2, -0.15) is 0 Å². The Hall–Kier alpha value is -2.65. The second-order valence-corrected chi connectivity index (χ2v) is 8.99. The standard InChI is InChI=1S/C24H26Cl2N4O4/c25-19-6-2-1-5-18(19)24(32)30-11-10-17(15-30)28-23-20(26)13-16(14-27-23)8-9-21(31)29-34-22-7-3-4-12-33-22/h1-2,5-6,8-9,13-14,17,22H,3-4,7,10-12,15H2,(H,27,28)(H,29,31)/b9-8+/t17-,22?/m1/s1. The Morgan fingerprint density at radius 2 is 2.03 bits per heavy atom. The first kappa shape index (κ1) is 24.5. The predicted octanol–water partition coefficient (Wildman–Crippen LogP) is 4.30. The molecule has 0 saturated carbocycles. The van der Waals surface area contributed by atoms with Crippen molar-refractivity contribution in [1.29, 1.82) is 0 Å². The maximum atomic E-state index is 12.8. The largest absolute Gasteiger partial charge is 0.364 e. The van der Waals surface area contributed by atoms with E-state index in [1.54, 1.807) is 47.5 Å². The number of carbonyl (C=O) groups is 2. The molecule has 10 heteroatoms. The monoisotopic (exact) mass is 504 g/mol. The molecular formula is C24H26Cl2N4O4. The zero-order valence-corrected chi connectivity index (χ0v) is 20.0. The van der Waals surface area contributed by atoms with E-state index >= 15 is 0 Å². The number of likely N-dealkylation sites (tertiary alicyclic amines) is 1. The van der Waals surface area contributed by atoms with Gasteiger partial charge in [-0.15, -0.1) is 0 Å². The maximum absolute atomic E-state index is 12.8. The molecule has 2 N–H and O–H groups in total. The molecule has 1 aromatic carbocycles. The summed E-state index contributed by atoms with van der Waals surface area (Å²) >= 11 is 12.6. The lowest BCUT2D eigenvalue weighted by Crippen LogP contribution is -2.32. The number of hydrogen-bond donors (Lipinski definition) is 2. The third-order valence-electron chi connectivity index (χ3n) is 5.64. The Kier molecular flexibility index (Phi) is 8.39. The van der Waals surface area contributed by atoms with Crippen molar-refractivity contribution < 1.29 is 19.2 Å². The molecule has 2 aliphatic heterocycles. The average molecular weight is 505 g/mol. The molecule has 3 heterocycles. The lowest BCUT2D eigenvalue weighted by atomic mass is 10.2. The summed E-state index contributed by atoms with van der Waals surface area (Å²) in [5.41, 5.74) is 3.53. The summed E-state index contributed by atoms with van der Waals surface area (Å²) in [4.78, 5) is 36.1. The van der Waals surface area contributed by atoms with Gasteiger partial charge < -0.3 is 15.0 Å². The Bertz CT molecular complexity index is 1060. The quantitative estimate of drug-likeness (QED) is 0.431. The Morgan fingerprint density at radius 3 is 2.79 bits per heavy atom. The van der Waals surface area contributed by atoms with Crippen LogP contribution in [-0.2, 0) is 14.4 Å². The van der Waals surface area contributed by atoms with Crippen LogP contribution < -0.4 is 10.8 Å². The van der Waals surface area contributed by atoms with Crippen LogP contribution in [0.1, 0.15) is 41.6 Å². The molecule has 0 bridgehead atoms. The third kappa shape index (κ3) is 6.48. The van der Waals surface area contributed by atoms with Crippen LogP contribution >= 0.6 is 23.2 Å². The number of halogens is 2. The number of anilines is 1. The zero-order chi connectivity index (χ0) is 23.9. The van der Waals surface area contributed by atoms with Crippen molar-refractivity contribution in [2.45, 2.75) is 38.0 Å². The molecule has 0 aliphatic carbocycles. The van der Waals surface area contributed by atoms with Gasteiger partial charge in [0.05, 0.1) is 15.6 Å². The topological polar surface area (TPSA) is 92.8 Å². The fourth-order valence-corrected chi connectivity index (χ4v) is 4.29. The highest BCUT2D eigenvalue weighted by Gasteiger charge is 2.28. The van der Waals surface area contributed by atoms with E-state index in [0.717, 1.165) is 25.7 Å². The molecule has 8 nitrogen and oxygen atoms in total. The summed E-state index contributed by atoms with van der Waals surface area (Å²) in [6, 6.07) is 8.77. The van der Waals surface area contributed by atoms with Gasteiger partial charge in [0.25, 0.3) is 11.8 Å². The normalized spacial score (nSPS) is 20.5. The molecule has 1 unspecified atom stereocenters. The van der Waals surface area contributed by atoms with Gasteiger partial charge in [-0.05, 0) is 49.1 Å². The molecule has 1 aromatic heterocycles. The van der Waals surface area contributed by atoms with Crippen LogP contribution in [0.5, 0.6) is 0 Å². The molecule has 2 aliphatic rings. The average Bonchev–Trinajstić information content (AvgIpc) is 3.32. The minimum absolute atomic E-state index is 0.0164. The van der Waals surface area contributed by atoms with Crippen molar-refractivity contribution in [2.24, 2.45) is 0 Å². The van der Waals surface area contributed by atoms with E-state index in [2.05, 4.69) is 15.8 Å². The fourth-order valence-electron chi connectivity index (χ4n) is 3.84. The van der Waals surface area contributed by atoms with Gasteiger partial charge in [-0.1, -0.05) is 35.3 Å². The van der Waals surface area contributed by atoms with Gasteiger partial charge in [0, 0.05) is 44.4 Å². The number of nitrogens with zero attached hydrogens (tertiary/aromatic N) is 2. The van der Waals surface area contributed by atoms with Gasteiger partial charge in [-0.25, -0.2) is 15.3 Å². The summed E-state index contributed by atoms with van der Waals surface area (Å²) < 4.78 is 5.40. The van der Waals surface area contributed by atoms with E-state index in [4.69, 9.17) is 32.8 Å². The minimum Gasteiger partial charge on any atom is -0.364 e. The van der Waals surface area contributed by atoms with Crippen LogP contribution in [0.2, 0.25) is 10.0 Å². The summed E-state index contributed by atoms with van der Waals surface area (Å²) in [5.74, 6) is 0.0339. The smallest absolute Gasteiger partial charge is 0.267 e. The number of rotatable bonds is 7. The van der Waals surface area contributed by atoms with Crippen LogP contribution in [0, 0.1) is 0 Å². The molecule has 2 atom stereocenters. The molecule has 0 radical (unpaired) electrons. The number of carbonyl (C=O) groups excluding carboxylic acids is 2. The number of ether oxygens (including phenoxy) is 1. The van der Waals surface area contributed by atoms with Crippen LogP contribution in [0.4, 0.5) is 5.82 Å². The molecular weight excluding hydrogens is 479 g/mol. The van der Waals surface area contributed by atoms with Crippen LogP contribution in [0.15, 0.2) is 42.6 Å². The van der Waals surface area contributed by atoms with Gasteiger partial charge in [0.2, 0.25) is 0 Å². The van der Waals surface area contributed by atoms with Gasteiger partial charge in [0.1, 0.15) is 5.82 Å². The van der Waals surface area contributed by atoms with Crippen molar-refractivity contribution in [3.05, 3.63) is 63.8 Å². The molecule has 2 amide bonds. The van der Waals surface area contributed by atoms with Crippen LogP contribution in [0.25, 0.3) is 6.08 Å². The number of nitrogens with one attached hydrogen (secondary N) is 2. The second kappa shape index (κ2) is 11.7. The van der Waals surface area contributed by atoms with E-state index in [1.807, 2.05) is 0 Å². The minimum atomic E-state index is -0.404. The van der Waals surface area contributed by atoms with Crippen molar-refractivity contribution in [2.75, 3.05) is 25.0 Å². The van der Waals surface area contributed by atoms with Gasteiger partial charge in [0.15, 0.2) is 6.29 Å². The summed E-state index contributed by atoms with van der Waals surface area (Å²) in [7, 11) is 0. The summed E-state index contributed by atoms with van der Waals surface area (Å²) in [6.45, 7) is 1.77. The molecule has 2 aromatic rings. The molecule has 4 rings (SSSR count). The van der Waals surface area contributed by atoms with E-state index in [1.165, 1.54) is 6.08 Å². The van der Waals surface area contributed by atoms with E-state index in [0.29, 0.717) is 46.7 Å². The number of hydroxylamine groups is 1. The molecule has 180 valence electrons. The summed E-state index contributed by atoms with van der Waals surface area (Å²) in [6.07, 6.45) is 7.69. The first-order valence-corrected chi connectivity index (χ1v) is 12.0. The lowest BCUT2D eigenvalue weighted by molar-refractivity contribution is -0.198. The first-order valence-electron chi connectivity index (χ1n) is 11.2. The number of aromatic nitrogens is 1. The SMILES string of the molecule is O=C(/C=C/c1cnc(N[C@@H]2CCN(C(=O)c3ccccc3Cl)C2)c(Cl)c1)NOC1CCCCO1. The highest BCUT2D eigenvalue weighted by atomic mass is 35.5. The highest BCUT2D eigenvalue weighted by Crippen LogP contribution is 2.25. The Labute approximate surface area is 208 Å². The van der Waals surface area contributed by atoms with Crippen LogP contribution in [-0.4, -0.2) is 53.7 Å². The van der Waals surface area contributed by atoms with Crippen molar-refractivity contribution in [1.82, 2.24) is 15.4 Å². The molecule has 0 spiro atoms. The first-order chi connectivity index (χ1) is 16.5. The lowest BCUT2D eigenvalue weighted by Gasteiger charge is -2.21. The highest BCUT2D eigenvalue weighted by molar-refractivity contribution is 6.34. The Morgan fingerprint density at radius 1 is 1.18 bits per heavy atom. The van der Waals surface area contributed by atoms with E-state index in [-0.39, 0.29) is 11.9 Å². The summed E-state index contributed by atoms with van der Waals surface area (Å²) in [5, 5.41) is 4.17. The zero-order valence-electron chi connectivity index (χ0n) is 18.5. The van der Waals surface area contributed by atoms with Crippen molar-refractivity contribution >= 4 is 46.9 Å². The number of amides is 2. The van der Waals surface area contributed by atoms with Gasteiger partial charge in [-0.3, -0.25) is 9.59 Å². The molecule has 2 saturated heterocycles. The second-order valence-electron chi connectivity index (χ2n) is 8.17. The van der Waals surface area contributed by atoms with Gasteiger partial charge >= 0.3 is 0 Å². The van der Waals surface area contributed by atoms with Crippen molar-refractivity contribution in [3.63, 3.8) is 0 Å². The maximum Gasteiger partial charge on any atom is 0.267 e. The number of hydrogen-bond acceptors (Lipinski definition) is 6. The molecule has 34 heavy (non-hydrogen) atoms. The number of benzene rings is 1. The number of pyridine rings is 1. The third-order valence-corrected chi connectivity index (χ3v) is 6.26. The van der Waals surface area contributed by atoms with E-state index < -0.39 is 12.2 Å². The molecule has 2 fully saturated rings. The predicted molar refractivity (Wildman–Crippen MR) is 130 cm³/mol. The van der Waals surface area contributed by atoms with Crippen molar-refractivity contribution in [3.8, 4) is 0 Å². The fraction of sp³-hybridized carbons (Fsp3) is 0.375. The van der Waals surface area contributed by atoms with E-state index in [9.17, 15) is 9.59 Å².